The van der Waals surface area contributed by atoms with Gasteiger partial charge >= 0.3 is 6.36 Å². The van der Waals surface area contributed by atoms with Crippen LogP contribution < -0.4 is 4.74 Å². The average Bonchev–Trinajstić information content (AvgIpc) is 2.64. The zero-order chi connectivity index (χ0) is 22.1. The third-order valence-electron chi connectivity index (χ3n) is 5.13. The molecule has 0 radical (unpaired) electrons. The lowest BCUT2D eigenvalue weighted by Gasteiger charge is -2.22. The van der Waals surface area contributed by atoms with Crippen LogP contribution in [0.1, 0.15) is 44.6 Å². The molecule has 0 fully saturated rings. The van der Waals surface area contributed by atoms with Gasteiger partial charge in [-0.2, -0.15) is 0 Å². The Morgan fingerprint density at radius 2 is 1.47 bits per heavy atom. The van der Waals surface area contributed by atoms with Crippen molar-refractivity contribution in [3.63, 3.8) is 0 Å². The molecule has 1 aliphatic carbocycles. The van der Waals surface area contributed by atoms with Crippen LogP contribution in [0.2, 0.25) is 0 Å². The minimum atomic E-state index is -5.31. The summed E-state index contributed by atoms with van der Waals surface area (Å²) < 4.78 is 97.3. The van der Waals surface area contributed by atoms with E-state index in [2.05, 4.69) is 11.7 Å². The molecule has 0 saturated heterocycles. The number of rotatable bonds is 5. The van der Waals surface area contributed by atoms with Gasteiger partial charge in [0.1, 0.15) is 11.6 Å². The second-order valence-corrected chi connectivity index (χ2v) is 7.29. The molecule has 1 aliphatic rings. The summed E-state index contributed by atoms with van der Waals surface area (Å²) in [5.74, 6) is -6.71. The lowest BCUT2D eigenvalue weighted by atomic mass is 9.84. The van der Waals surface area contributed by atoms with E-state index < -0.39 is 46.5 Å². The summed E-state index contributed by atoms with van der Waals surface area (Å²) in [4.78, 5) is 0. The van der Waals surface area contributed by atoms with Crippen molar-refractivity contribution >= 4 is 5.57 Å². The van der Waals surface area contributed by atoms with Gasteiger partial charge in [0.05, 0.1) is 5.56 Å². The van der Waals surface area contributed by atoms with Crippen molar-refractivity contribution < 1.29 is 35.5 Å². The molecule has 1 unspecified atom stereocenters. The lowest BCUT2D eigenvalue weighted by molar-refractivity contribution is -0.276. The van der Waals surface area contributed by atoms with Crippen LogP contribution in [0, 0.1) is 29.2 Å². The number of hydrogen-bond acceptors (Lipinski definition) is 1. The Kier molecular flexibility index (Phi) is 6.43. The van der Waals surface area contributed by atoms with Crippen molar-refractivity contribution in [3.05, 3.63) is 59.2 Å². The van der Waals surface area contributed by atoms with Crippen LogP contribution in [-0.4, -0.2) is 6.36 Å². The first-order valence-electron chi connectivity index (χ1n) is 9.52. The predicted molar refractivity (Wildman–Crippen MR) is 98.6 cm³/mol. The third-order valence-corrected chi connectivity index (χ3v) is 5.13. The van der Waals surface area contributed by atoms with E-state index in [9.17, 15) is 30.7 Å². The topological polar surface area (TPSA) is 9.23 Å². The van der Waals surface area contributed by atoms with Crippen molar-refractivity contribution in [2.24, 2.45) is 5.92 Å². The molecule has 2 aromatic carbocycles. The van der Waals surface area contributed by atoms with E-state index in [0.29, 0.717) is 30.0 Å². The number of hydrogen-bond donors (Lipinski definition) is 0. The average molecular weight is 432 g/mol. The Labute approximate surface area is 169 Å². The van der Waals surface area contributed by atoms with Gasteiger partial charge in [-0.1, -0.05) is 25.8 Å². The van der Waals surface area contributed by atoms with Crippen LogP contribution in [0.4, 0.5) is 30.7 Å². The van der Waals surface area contributed by atoms with Gasteiger partial charge < -0.3 is 4.74 Å². The van der Waals surface area contributed by atoms with Crippen molar-refractivity contribution in [1.82, 2.24) is 0 Å². The van der Waals surface area contributed by atoms with Crippen molar-refractivity contribution in [3.8, 4) is 16.9 Å². The normalized spacial score (nSPS) is 17.1. The van der Waals surface area contributed by atoms with Gasteiger partial charge in [-0.25, -0.2) is 17.6 Å². The smallest absolute Gasteiger partial charge is 0.399 e. The van der Waals surface area contributed by atoms with Gasteiger partial charge in [-0.15, -0.1) is 13.2 Å². The first-order valence-corrected chi connectivity index (χ1v) is 9.52. The molecule has 3 rings (SSSR count). The zero-order valence-corrected chi connectivity index (χ0v) is 16.1. The molecular weight excluding hydrogens is 413 g/mol. The molecule has 1 nitrogen and oxygen atoms in total. The zero-order valence-electron chi connectivity index (χ0n) is 16.1. The molecule has 0 amide bonds. The molecule has 0 aliphatic heterocycles. The summed E-state index contributed by atoms with van der Waals surface area (Å²) in [6.07, 6.45) is 1.15. The first kappa shape index (κ1) is 22.2. The van der Waals surface area contributed by atoms with Crippen LogP contribution >= 0.6 is 0 Å². The second-order valence-electron chi connectivity index (χ2n) is 7.29. The molecule has 1 atom stereocenters. The second kappa shape index (κ2) is 8.70. The highest BCUT2D eigenvalue weighted by atomic mass is 19.4. The molecule has 2 aromatic rings. The van der Waals surface area contributed by atoms with E-state index in [4.69, 9.17) is 0 Å². The molecule has 0 spiro atoms. The van der Waals surface area contributed by atoms with E-state index in [-0.39, 0.29) is 0 Å². The van der Waals surface area contributed by atoms with Crippen LogP contribution in [0.25, 0.3) is 16.7 Å². The summed E-state index contributed by atoms with van der Waals surface area (Å²) >= 11 is 0. The van der Waals surface area contributed by atoms with Crippen LogP contribution in [-0.2, 0) is 0 Å². The minimum absolute atomic E-state index is 0.335. The van der Waals surface area contributed by atoms with Gasteiger partial charge in [-0.3, -0.25) is 0 Å². The van der Waals surface area contributed by atoms with Gasteiger partial charge in [0.15, 0.2) is 11.6 Å². The van der Waals surface area contributed by atoms with E-state index in [1.54, 1.807) is 0 Å². The fourth-order valence-corrected chi connectivity index (χ4v) is 3.77. The van der Waals surface area contributed by atoms with Crippen LogP contribution in [0.15, 0.2) is 30.3 Å². The minimum Gasteiger partial charge on any atom is -0.399 e. The maximum Gasteiger partial charge on any atom is 0.573 e. The molecule has 162 valence electrons. The van der Waals surface area contributed by atoms with E-state index in [1.165, 1.54) is 0 Å². The van der Waals surface area contributed by atoms with Gasteiger partial charge in [0.2, 0.25) is 5.75 Å². The Bertz CT molecular complexity index is 916. The lowest BCUT2D eigenvalue weighted by Crippen LogP contribution is -2.19. The van der Waals surface area contributed by atoms with E-state index in [1.807, 2.05) is 6.08 Å². The van der Waals surface area contributed by atoms with Gasteiger partial charge in [0, 0.05) is 0 Å². The molecular formula is C22H19F7O. The summed E-state index contributed by atoms with van der Waals surface area (Å²) in [6, 6.07) is 2.95. The maximum atomic E-state index is 14.7. The van der Waals surface area contributed by atoms with E-state index >= 15 is 0 Å². The highest BCUT2D eigenvalue weighted by Crippen LogP contribution is 2.37. The molecule has 0 saturated carbocycles. The Hall–Kier alpha value is -2.51. The summed E-state index contributed by atoms with van der Waals surface area (Å²) in [7, 11) is 0. The molecule has 8 heteroatoms. The molecule has 0 bridgehead atoms. The van der Waals surface area contributed by atoms with Crippen molar-refractivity contribution in [2.75, 3.05) is 0 Å². The van der Waals surface area contributed by atoms with Gasteiger partial charge in [0.25, 0.3) is 0 Å². The third kappa shape index (κ3) is 4.96. The predicted octanol–water partition coefficient (Wildman–Crippen LogP) is 7.79. The van der Waals surface area contributed by atoms with Gasteiger partial charge in [-0.05, 0) is 66.1 Å². The largest absolute Gasteiger partial charge is 0.573 e. The Balaban J connectivity index is 1.93. The first-order chi connectivity index (χ1) is 14.1. The van der Waals surface area contributed by atoms with Crippen LogP contribution in [0.5, 0.6) is 5.75 Å². The molecule has 0 N–H and O–H groups in total. The number of benzene rings is 2. The van der Waals surface area contributed by atoms with Crippen molar-refractivity contribution in [2.45, 2.75) is 45.4 Å². The SMILES string of the molecule is CCCC1CC=C(c2cc(F)c(-c3cc(F)c(OC(F)(F)F)c(F)c3)c(F)c2)CC1. The summed E-state index contributed by atoms with van der Waals surface area (Å²) in [5, 5.41) is 0. The fourth-order valence-electron chi connectivity index (χ4n) is 3.77. The summed E-state index contributed by atoms with van der Waals surface area (Å²) in [6.45, 7) is 2.09. The Morgan fingerprint density at radius 1 is 0.900 bits per heavy atom. The van der Waals surface area contributed by atoms with E-state index in [0.717, 1.165) is 43.4 Å². The molecule has 0 heterocycles. The molecule has 30 heavy (non-hydrogen) atoms. The number of halogens is 7. The van der Waals surface area contributed by atoms with Crippen molar-refractivity contribution in [1.29, 1.82) is 0 Å². The number of ether oxygens (including phenoxy) is 1. The fraction of sp³-hybridized carbons (Fsp3) is 0.364. The van der Waals surface area contributed by atoms with Crippen LogP contribution in [0.3, 0.4) is 0 Å². The number of allylic oxidation sites excluding steroid dienone is 2. The quantitative estimate of drug-likeness (QED) is 0.438. The summed E-state index contributed by atoms with van der Waals surface area (Å²) in [5.41, 5.74) is -0.170. The standard InChI is InChI=1S/C22H19F7O/c1-2-3-12-4-6-13(7-5-12)14-8-16(23)20(17(24)9-14)15-10-18(25)21(19(26)11-15)30-22(27,28)29/h6,8-12H,2-5,7H2,1H3. The maximum absolute atomic E-state index is 14.7. The highest BCUT2D eigenvalue weighted by Gasteiger charge is 2.34. The molecule has 0 aromatic heterocycles. The Morgan fingerprint density at radius 3 is 1.93 bits per heavy atom. The highest BCUT2D eigenvalue weighted by molar-refractivity contribution is 5.72. The monoisotopic (exact) mass is 432 g/mol. The number of alkyl halides is 3.